The van der Waals surface area contributed by atoms with Crippen molar-refractivity contribution in [3.05, 3.63) is 123 Å². The molecule has 20 atom stereocenters. The van der Waals surface area contributed by atoms with Crippen LogP contribution in [-0.4, -0.2) is 351 Å². The summed E-state index contributed by atoms with van der Waals surface area (Å²) in [4.78, 5) is 29.0. The molecule has 29 nitrogen and oxygen atoms in total. The molecule has 7 saturated heterocycles. The number of aliphatic hydroxyl groups is 7. The summed E-state index contributed by atoms with van der Waals surface area (Å²) in [5.74, 6) is 4.24. The number of nitrogens with two attached hydrogens (primary N) is 5. The predicted octanol–water partition coefficient (Wildman–Crippen LogP) is 4.34. The first-order valence-electron chi connectivity index (χ1n) is 36.5. The van der Waals surface area contributed by atoms with Crippen LogP contribution in [-0.2, 0) is 33.2 Å². The molecule has 110 heavy (non-hydrogen) atoms. The third-order valence-corrected chi connectivity index (χ3v) is 28.9. The van der Waals surface area contributed by atoms with Crippen LogP contribution in [0.25, 0.3) is 0 Å². The summed E-state index contributed by atoms with van der Waals surface area (Å²) >= 11 is 3.53. The zero-order chi connectivity index (χ0) is 82.3. The Labute approximate surface area is 660 Å². The van der Waals surface area contributed by atoms with Crippen LogP contribution in [0.1, 0.15) is 52.9 Å². The van der Waals surface area contributed by atoms with Gasteiger partial charge in [0.2, 0.25) is 0 Å². The third-order valence-electron chi connectivity index (χ3n) is 20.7. The second-order valence-electron chi connectivity index (χ2n) is 34.0. The normalized spacial score (nSPS) is 36.0. The van der Waals surface area contributed by atoms with Crippen molar-refractivity contribution < 1.29 is 68.9 Å². The van der Waals surface area contributed by atoms with Gasteiger partial charge >= 0.3 is 0 Å². The van der Waals surface area contributed by atoms with Crippen molar-refractivity contribution in [3.63, 3.8) is 0 Å². The van der Waals surface area contributed by atoms with E-state index in [9.17, 15) is 35.7 Å². The fourth-order valence-electron chi connectivity index (χ4n) is 13.9. The van der Waals surface area contributed by atoms with Crippen molar-refractivity contribution in [1.82, 2.24) is 24.5 Å². The van der Waals surface area contributed by atoms with E-state index in [4.69, 9.17) is 61.8 Å². The van der Waals surface area contributed by atoms with Crippen molar-refractivity contribution in [2.24, 2.45) is 53.6 Å². The second-order valence-corrected chi connectivity index (χ2v) is 56.7. The van der Waals surface area contributed by atoms with Crippen LogP contribution in [0.5, 0.6) is 0 Å². The molecule has 17 N–H and O–H groups in total. The number of fused-ring (bicyclic) bond motifs is 4. The van der Waals surface area contributed by atoms with Gasteiger partial charge < -0.3 is 122 Å². The highest BCUT2D eigenvalue weighted by Crippen LogP contribution is 2.51. The minimum absolute atomic E-state index is 0.204. The summed E-state index contributed by atoms with van der Waals surface area (Å²) < 4.78 is 42.1. The summed E-state index contributed by atoms with van der Waals surface area (Å²) in [6.07, 6.45) is 35.7. The zero-order valence-corrected chi connectivity index (χ0v) is 72.5. The summed E-state index contributed by atoms with van der Waals surface area (Å²) in [5.41, 5.74) is 25.7. The van der Waals surface area contributed by atoms with Crippen LogP contribution >= 0.6 is 50.4 Å². The van der Waals surface area contributed by atoms with E-state index in [-0.39, 0.29) is 17.2 Å². The molecule has 12 aliphatic heterocycles. The molecule has 12 aliphatic rings. The highest BCUT2D eigenvalue weighted by atomic mass is 79.9. The van der Waals surface area contributed by atoms with Crippen LogP contribution in [0.2, 0.25) is 0 Å². The van der Waals surface area contributed by atoms with Crippen molar-refractivity contribution in [2.75, 3.05) is 111 Å². The summed E-state index contributed by atoms with van der Waals surface area (Å²) in [7, 11) is 0. The highest BCUT2D eigenvalue weighted by Gasteiger charge is 2.64. The lowest BCUT2D eigenvalue weighted by Crippen LogP contribution is -2.51. The lowest BCUT2D eigenvalue weighted by Gasteiger charge is -2.37. The van der Waals surface area contributed by atoms with Gasteiger partial charge in [0, 0.05) is 36.6 Å². The number of alkyl halides is 1. The minimum Gasteiger partial charge on any atom is -0.389 e. The molecule has 7 unspecified atom stereocenters. The van der Waals surface area contributed by atoms with Gasteiger partial charge in [0.05, 0.1) is 42.0 Å². The van der Waals surface area contributed by atoms with E-state index in [0.717, 1.165) is 55.6 Å². The second kappa shape index (κ2) is 34.9. The number of hydrogen-bond donors (Lipinski definition) is 12. The van der Waals surface area contributed by atoms with Crippen LogP contribution in [0.3, 0.4) is 0 Å². The summed E-state index contributed by atoms with van der Waals surface area (Å²) in [5, 5.41) is 73.6. The SMILES string of the molecule is C=C1N=C(N)C(C)=CN1C1O[C@@]2(CCP(=C)(C)C)CO[C@@H]1[C@@H]2O.C=C1N=C(N)C=CN1C1OC(CCP(=C)(C)C)[C@@H](O)[C@@]1(C)O.C=C1N=C(N)C=CN1C1OC(CCP(=C)(C)C)[C@@H](O)[C@H]1Br.C=C1N=C(N)C=CN1C1O[C@@]2(CCP(=C)(C)C)CO[C@@H]1[C@@H]2O.C=C1N=C(N)C=CN1C1O[C@](C)(CCP(=C)(C)C)[C@@H](O)[C@H]1O. The number of halogens is 1. The van der Waals surface area contributed by atoms with E-state index in [1.54, 1.807) is 75.6 Å². The molecule has 0 aromatic carbocycles. The smallest absolute Gasteiger partial charge is 0.166 e. The fourth-order valence-corrected chi connectivity index (χ4v) is 19.5. The number of ether oxygens (including phenoxy) is 7. The molecule has 12 rings (SSSR count). The maximum Gasteiger partial charge on any atom is 0.166 e. The topological polar surface area (TPSA) is 414 Å². The van der Waals surface area contributed by atoms with Gasteiger partial charge in [-0.25, -0.2) is 25.0 Å². The van der Waals surface area contributed by atoms with E-state index in [1.807, 2.05) is 24.9 Å². The van der Waals surface area contributed by atoms with Gasteiger partial charge in [-0.15, -0.1) is 65.9 Å². The van der Waals surface area contributed by atoms with E-state index < -0.39 is 137 Å². The molecule has 0 saturated carbocycles. The molecular formula is C75H125BrN15O14P5. The molecule has 35 heteroatoms. The molecule has 0 amide bonds. The Bertz CT molecular complexity index is 4030. The number of nitrogens with zero attached hydrogens (tertiary/aromatic N) is 10. The molecule has 4 bridgehead atoms. The average Bonchev–Trinajstić information content (AvgIpc) is 1.56. The lowest BCUT2D eigenvalue weighted by atomic mass is 9.94. The van der Waals surface area contributed by atoms with E-state index in [2.05, 4.69) is 172 Å². The molecule has 12 heterocycles. The summed E-state index contributed by atoms with van der Waals surface area (Å²) in [6.45, 7) is 41.2. The third kappa shape index (κ3) is 22.0. The Hall–Kier alpha value is -4.83. The molecule has 0 spiro atoms. The van der Waals surface area contributed by atoms with Gasteiger partial charge in [0.25, 0.3) is 0 Å². The van der Waals surface area contributed by atoms with Gasteiger partial charge in [0.15, 0.2) is 31.1 Å². The Morgan fingerprint density at radius 2 is 0.827 bits per heavy atom. The maximum atomic E-state index is 10.7. The maximum absolute atomic E-state index is 10.7. The van der Waals surface area contributed by atoms with E-state index in [1.165, 1.54) is 0 Å². The van der Waals surface area contributed by atoms with Crippen LogP contribution < -0.4 is 28.7 Å². The summed E-state index contributed by atoms with van der Waals surface area (Å²) in [6, 6.07) is 0. The Balaban J connectivity index is 0.000000173. The largest absolute Gasteiger partial charge is 0.389 e. The van der Waals surface area contributed by atoms with Crippen LogP contribution in [0, 0.1) is 0 Å². The quantitative estimate of drug-likeness (QED) is 0.0596. The highest BCUT2D eigenvalue weighted by molar-refractivity contribution is 9.09. The van der Waals surface area contributed by atoms with E-state index >= 15 is 0 Å². The van der Waals surface area contributed by atoms with Gasteiger partial charge in [-0.2, -0.15) is 0 Å². The fraction of sp³-hybridized carbons (Fsp3) is 0.600. The van der Waals surface area contributed by atoms with Crippen LogP contribution in [0.4, 0.5) is 0 Å². The molecule has 0 aliphatic carbocycles. The molecule has 0 radical (unpaired) electrons. The standard InChI is InChI=1S/C16H26N3O3P.C15H24N3O3P.2C15H26N3O3P.C14H23BrN3O2P/c1-10-8-19(11(2)18-14(10)17)15-12-13(20)16(22-15,9-21-12)6-7-23(3,4)5;1-10-17-11(16)5-7-18(10)14-12-13(19)15(21-14,9-20-12)6-8-22(2,3)4;1-10-17-12(16)6-8-18(10)14-15(2,20)13(19)11(21-14)7-9-22(3,4)5;1-10-17-11(16)6-8-18(10)14-12(19)13(20)15(2,21-14)7-9-22(3,4)5;1-9-17-11(16)5-7-18(9)14-12(15)13(19)10(20-14)6-8-21(2,3)4/h8,12-13,15,20H,2-3,6-7,9H2,1,4-5H3,(H2,17,18);5,7,12-14,19H,1-2,6,8-9H2,3-4H3,(H2,16,17);6,8,11,13-14,19-20H,1,3,7,9H2,2,4-5H3,(H2,16,17);6,8,12-14,19-20H,1,3,7,9H2,2,4-5H3,(H2,16,17);5,7,10,12-14,19H,1-2,6,8H2,3-4H3,(H2,16,17)/t12-,13+,15?,16+;12-,13+,14?,15+;11?,13-,14?,15-;12-,13+,14?,15-;10?,12-,13-,14?/m11111/s1. The molecule has 7 fully saturated rings. The van der Waals surface area contributed by atoms with Crippen molar-refractivity contribution in [2.45, 2.75) is 172 Å². The zero-order valence-electron chi connectivity index (χ0n) is 66.5. The van der Waals surface area contributed by atoms with E-state index in [0.29, 0.717) is 84.3 Å². The van der Waals surface area contributed by atoms with Crippen molar-refractivity contribution >= 4 is 111 Å². The van der Waals surface area contributed by atoms with Crippen LogP contribution in [0.15, 0.2) is 148 Å². The van der Waals surface area contributed by atoms with Gasteiger partial charge in [-0.1, -0.05) is 48.8 Å². The number of rotatable bonds is 20. The van der Waals surface area contributed by atoms with Gasteiger partial charge in [0.1, 0.15) is 118 Å². The first-order chi connectivity index (χ1) is 50.6. The monoisotopic (exact) mass is 1690 g/mol. The van der Waals surface area contributed by atoms with Crippen molar-refractivity contribution in [3.8, 4) is 0 Å². The predicted molar refractivity (Wildman–Crippen MR) is 465 cm³/mol. The lowest BCUT2D eigenvalue weighted by molar-refractivity contribution is -0.181. The van der Waals surface area contributed by atoms with Gasteiger partial charge in [-0.05, 0) is 175 Å². The average molecular weight is 1700 g/mol. The van der Waals surface area contributed by atoms with Gasteiger partial charge in [-0.3, -0.25) is 0 Å². The Morgan fingerprint density at radius 1 is 0.464 bits per heavy atom. The number of hydrogen-bond acceptors (Lipinski definition) is 29. The number of aliphatic hydroxyl groups excluding tert-OH is 6. The molecular weight excluding hydrogens is 1570 g/mol. The first kappa shape index (κ1) is 90.7. The molecule has 0 aromatic heterocycles. The Kier molecular flexibility index (Phi) is 28.8. The number of amidine groups is 5. The molecule has 0 aromatic rings. The Morgan fingerprint density at radius 3 is 1.24 bits per heavy atom. The first-order valence-corrected chi connectivity index (χ1v) is 52.7. The number of aliphatic imine (C=N–C) groups is 5. The minimum atomic E-state index is -1.43. The molecule has 616 valence electrons. The van der Waals surface area contributed by atoms with Crippen molar-refractivity contribution in [1.29, 1.82) is 0 Å².